The summed E-state index contributed by atoms with van der Waals surface area (Å²) < 4.78 is 47.8. The van der Waals surface area contributed by atoms with Crippen LogP contribution in [0.1, 0.15) is 31.4 Å². The molecule has 0 bridgehead atoms. The Morgan fingerprint density at radius 2 is 1.42 bits per heavy atom. The molecule has 0 heterocycles. The molecule has 4 aromatic rings. The van der Waals surface area contributed by atoms with Crippen molar-refractivity contribution in [3.05, 3.63) is 126 Å². The van der Waals surface area contributed by atoms with Crippen LogP contribution in [-0.4, -0.2) is 50.0 Å². The molecule has 2 atom stereocenters. The van der Waals surface area contributed by atoms with Crippen molar-refractivity contribution in [3.8, 4) is 11.5 Å². The molecule has 0 spiro atoms. The van der Waals surface area contributed by atoms with Crippen LogP contribution in [0.2, 0.25) is 0 Å². The number of halogens is 1. The van der Waals surface area contributed by atoms with E-state index in [0.717, 1.165) is 16.1 Å². The van der Waals surface area contributed by atoms with E-state index in [9.17, 15) is 22.4 Å². The molecule has 0 fully saturated rings. The van der Waals surface area contributed by atoms with Gasteiger partial charge in [-0.2, -0.15) is 0 Å². The van der Waals surface area contributed by atoms with Crippen LogP contribution in [0.25, 0.3) is 0 Å². The standard InChI is InChI=1S/C35H38FN3O5S/c1-4-26(2)37-35(41)33(23-27-13-7-5-8-14-27)38(24-28-15-11-12-18-32(28)36)34(40)25-39(45(3,42)43)29-19-21-31(22-20-29)44-30-16-9-6-10-17-30/h5-22,26,33H,4,23-25H2,1-3H3,(H,37,41)/t26-,33+/m0/s1. The van der Waals surface area contributed by atoms with E-state index in [-0.39, 0.29) is 30.3 Å². The highest BCUT2D eigenvalue weighted by Crippen LogP contribution is 2.26. The third kappa shape index (κ3) is 9.39. The fourth-order valence-electron chi connectivity index (χ4n) is 4.72. The first-order valence-corrected chi connectivity index (χ1v) is 16.6. The Hall–Kier alpha value is -4.70. The van der Waals surface area contributed by atoms with Gasteiger partial charge in [0.1, 0.15) is 29.9 Å². The first kappa shape index (κ1) is 33.2. The molecule has 0 aliphatic carbocycles. The van der Waals surface area contributed by atoms with Gasteiger partial charge in [0.15, 0.2) is 0 Å². The minimum atomic E-state index is -3.96. The Labute approximate surface area is 264 Å². The van der Waals surface area contributed by atoms with Gasteiger partial charge in [-0.25, -0.2) is 12.8 Å². The molecule has 0 saturated heterocycles. The number of benzene rings is 4. The average Bonchev–Trinajstić information content (AvgIpc) is 3.03. The number of rotatable bonds is 14. The van der Waals surface area contributed by atoms with Crippen LogP contribution in [0.4, 0.5) is 10.1 Å². The van der Waals surface area contributed by atoms with E-state index >= 15 is 0 Å². The molecule has 0 radical (unpaired) electrons. The van der Waals surface area contributed by atoms with Crippen LogP contribution in [-0.2, 0) is 32.6 Å². The molecular formula is C35H38FN3O5S. The third-order valence-electron chi connectivity index (χ3n) is 7.35. The second kappa shape index (κ2) is 15.3. The molecule has 0 aliphatic rings. The summed E-state index contributed by atoms with van der Waals surface area (Å²) in [6.45, 7) is 2.95. The van der Waals surface area contributed by atoms with Gasteiger partial charge in [-0.3, -0.25) is 13.9 Å². The quantitative estimate of drug-likeness (QED) is 0.186. The summed E-state index contributed by atoms with van der Waals surface area (Å²) in [6.07, 6.45) is 1.82. The van der Waals surface area contributed by atoms with Crippen LogP contribution >= 0.6 is 0 Å². The van der Waals surface area contributed by atoms with E-state index in [4.69, 9.17) is 4.74 Å². The molecule has 0 aromatic heterocycles. The highest BCUT2D eigenvalue weighted by Gasteiger charge is 2.33. The van der Waals surface area contributed by atoms with Crippen molar-refractivity contribution in [2.75, 3.05) is 17.1 Å². The van der Waals surface area contributed by atoms with Gasteiger partial charge in [-0.1, -0.05) is 73.7 Å². The summed E-state index contributed by atoms with van der Waals surface area (Å²) in [5.41, 5.74) is 1.23. The number of nitrogens with zero attached hydrogens (tertiary/aromatic N) is 2. The monoisotopic (exact) mass is 631 g/mol. The highest BCUT2D eigenvalue weighted by molar-refractivity contribution is 7.92. The highest BCUT2D eigenvalue weighted by atomic mass is 32.2. The van der Waals surface area contributed by atoms with Gasteiger partial charge in [0, 0.05) is 24.6 Å². The van der Waals surface area contributed by atoms with Crippen LogP contribution in [0.5, 0.6) is 11.5 Å². The molecule has 0 unspecified atom stereocenters. The zero-order valence-electron chi connectivity index (χ0n) is 25.6. The first-order valence-electron chi connectivity index (χ1n) is 14.7. The first-order chi connectivity index (χ1) is 21.5. The van der Waals surface area contributed by atoms with Crippen molar-refractivity contribution in [3.63, 3.8) is 0 Å². The van der Waals surface area contributed by atoms with Crippen molar-refractivity contribution in [1.82, 2.24) is 10.2 Å². The van der Waals surface area contributed by atoms with Gasteiger partial charge in [-0.15, -0.1) is 0 Å². The normalized spacial score (nSPS) is 12.5. The topological polar surface area (TPSA) is 96.0 Å². The van der Waals surface area contributed by atoms with E-state index < -0.39 is 40.2 Å². The summed E-state index contributed by atoms with van der Waals surface area (Å²) >= 11 is 0. The van der Waals surface area contributed by atoms with Gasteiger partial charge in [-0.05, 0) is 61.4 Å². The number of hydrogen-bond acceptors (Lipinski definition) is 5. The number of amides is 2. The van der Waals surface area contributed by atoms with Crippen LogP contribution in [0.3, 0.4) is 0 Å². The van der Waals surface area contributed by atoms with Crippen molar-refractivity contribution in [2.45, 2.75) is 45.3 Å². The van der Waals surface area contributed by atoms with Gasteiger partial charge in [0.2, 0.25) is 21.8 Å². The summed E-state index contributed by atoms with van der Waals surface area (Å²) in [7, 11) is -3.96. The molecular weight excluding hydrogens is 593 g/mol. The maximum atomic E-state index is 14.9. The second-order valence-corrected chi connectivity index (χ2v) is 12.7. The van der Waals surface area contributed by atoms with Crippen molar-refractivity contribution >= 4 is 27.5 Å². The van der Waals surface area contributed by atoms with E-state index in [1.54, 1.807) is 54.6 Å². The predicted octanol–water partition coefficient (Wildman–Crippen LogP) is 5.94. The predicted molar refractivity (Wildman–Crippen MR) is 174 cm³/mol. The Morgan fingerprint density at radius 3 is 2.02 bits per heavy atom. The number of anilines is 1. The van der Waals surface area contributed by atoms with Crippen molar-refractivity contribution < 1.29 is 27.1 Å². The number of ether oxygens (including phenoxy) is 1. The molecule has 0 aliphatic heterocycles. The third-order valence-corrected chi connectivity index (χ3v) is 8.49. The minimum absolute atomic E-state index is 0.147. The fraction of sp³-hybridized carbons (Fsp3) is 0.257. The van der Waals surface area contributed by atoms with E-state index in [0.29, 0.717) is 17.9 Å². The van der Waals surface area contributed by atoms with E-state index in [1.807, 2.05) is 62.4 Å². The molecule has 2 amide bonds. The lowest BCUT2D eigenvalue weighted by Gasteiger charge is -2.34. The van der Waals surface area contributed by atoms with Crippen molar-refractivity contribution in [2.24, 2.45) is 0 Å². The lowest BCUT2D eigenvalue weighted by Crippen LogP contribution is -2.54. The number of hydrogen-bond donors (Lipinski definition) is 1. The lowest BCUT2D eigenvalue weighted by molar-refractivity contribution is -0.140. The maximum Gasteiger partial charge on any atom is 0.244 e. The van der Waals surface area contributed by atoms with Gasteiger partial charge < -0.3 is 15.0 Å². The Kier molecular flexibility index (Phi) is 11.3. The maximum absolute atomic E-state index is 14.9. The Morgan fingerprint density at radius 1 is 0.844 bits per heavy atom. The van der Waals surface area contributed by atoms with E-state index in [2.05, 4.69) is 5.32 Å². The van der Waals surface area contributed by atoms with Gasteiger partial charge >= 0.3 is 0 Å². The second-order valence-electron chi connectivity index (χ2n) is 10.8. The SMILES string of the molecule is CC[C@H](C)NC(=O)[C@@H](Cc1ccccc1)N(Cc1ccccc1F)C(=O)CN(c1ccc(Oc2ccccc2)cc1)S(C)(=O)=O. The summed E-state index contributed by atoms with van der Waals surface area (Å²) in [6, 6.07) is 29.4. The Balaban J connectivity index is 1.69. The molecule has 0 saturated carbocycles. The zero-order valence-corrected chi connectivity index (χ0v) is 26.4. The minimum Gasteiger partial charge on any atom is -0.457 e. The van der Waals surface area contributed by atoms with E-state index in [1.165, 1.54) is 11.0 Å². The van der Waals surface area contributed by atoms with Crippen LogP contribution in [0.15, 0.2) is 109 Å². The molecule has 1 N–H and O–H groups in total. The smallest absolute Gasteiger partial charge is 0.244 e. The summed E-state index contributed by atoms with van der Waals surface area (Å²) in [4.78, 5) is 29.2. The molecule has 8 nitrogen and oxygen atoms in total. The number of sulfonamides is 1. The number of carbonyl (C=O) groups is 2. The van der Waals surface area contributed by atoms with Gasteiger partial charge in [0.05, 0.1) is 11.9 Å². The van der Waals surface area contributed by atoms with Crippen molar-refractivity contribution in [1.29, 1.82) is 0 Å². The summed E-state index contributed by atoms with van der Waals surface area (Å²) in [5.74, 6) is -0.510. The largest absolute Gasteiger partial charge is 0.457 e. The van der Waals surface area contributed by atoms with Crippen LogP contribution in [0, 0.1) is 5.82 Å². The molecule has 4 rings (SSSR count). The summed E-state index contributed by atoms with van der Waals surface area (Å²) in [5, 5.41) is 2.95. The fourth-order valence-corrected chi connectivity index (χ4v) is 5.57. The Bertz CT molecular complexity index is 1670. The number of carbonyl (C=O) groups excluding carboxylic acids is 2. The lowest BCUT2D eigenvalue weighted by atomic mass is 10.0. The average molecular weight is 632 g/mol. The number of nitrogens with one attached hydrogen (secondary N) is 1. The number of para-hydroxylation sites is 1. The zero-order chi connectivity index (χ0) is 32.4. The molecule has 10 heteroatoms. The molecule has 45 heavy (non-hydrogen) atoms. The van der Waals surface area contributed by atoms with Crippen LogP contribution < -0.4 is 14.4 Å². The van der Waals surface area contributed by atoms with Gasteiger partial charge in [0.25, 0.3) is 0 Å². The molecule has 4 aromatic carbocycles. The molecule has 236 valence electrons.